The Balaban J connectivity index is 2.35. The van der Waals surface area contributed by atoms with Gasteiger partial charge in [-0.25, -0.2) is 0 Å². The molecule has 0 saturated carbocycles. The highest BCUT2D eigenvalue weighted by atomic mass is 16.5. The van der Waals surface area contributed by atoms with E-state index in [0.29, 0.717) is 12.6 Å². The van der Waals surface area contributed by atoms with Crippen molar-refractivity contribution in [3.05, 3.63) is 48.7 Å². The van der Waals surface area contributed by atoms with Crippen LogP contribution in [0.15, 0.2) is 43.0 Å². The lowest BCUT2D eigenvalue weighted by Crippen LogP contribution is -2.22. The van der Waals surface area contributed by atoms with E-state index in [4.69, 9.17) is 4.74 Å². The minimum atomic E-state index is 0.436. The summed E-state index contributed by atoms with van der Waals surface area (Å²) in [6.07, 6.45) is 1.75. The minimum absolute atomic E-state index is 0.436. The number of rotatable bonds is 6. The zero-order valence-corrected chi connectivity index (χ0v) is 11.5. The predicted octanol–water partition coefficient (Wildman–Crippen LogP) is 3.30. The van der Waals surface area contributed by atoms with Gasteiger partial charge >= 0.3 is 0 Å². The van der Waals surface area contributed by atoms with E-state index in [1.807, 2.05) is 30.3 Å². The molecule has 0 radical (unpaired) electrons. The first kappa shape index (κ1) is 13.6. The summed E-state index contributed by atoms with van der Waals surface area (Å²) in [6, 6.07) is 10.5. The number of para-hydroxylation sites is 1. The Morgan fingerprint density at radius 3 is 2.89 bits per heavy atom. The van der Waals surface area contributed by atoms with E-state index in [0.717, 1.165) is 28.9 Å². The van der Waals surface area contributed by atoms with E-state index in [-0.39, 0.29) is 0 Å². The van der Waals surface area contributed by atoms with Gasteiger partial charge in [0.2, 0.25) is 0 Å². The molecule has 0 fully saturated rings. The van der Waals surface area contributed by atoms with Gasteiger partial charge in [0, 0.05) is 24.0 Å². The minimum Gasteiger partial charge on any atom is -0.489 e. The maximum Gasteiger partial charge on any atom is 0.131 e. The van der Waals surface area contributed by atoms with Crippen LogP contribution in [0.5, 0.6) is 5.75 Å². The van der Waals surface area contributed by atoms with E-state index in [9.17, 15) is 0 Å². The second-order valence-electron chi connectivity index (χ2n) is 4.76. The van der Waals surface area contributed by atoms with E-state index in [1.54, 1.807) is 6.08 Å². The van der Waals surface area contributed by atoms with Crippen molar-refractivity contribution < 1.29 is 4.74 Å². The van der Waals surface area contributed by atoms with Crippen molar-refractivity contribution in [2.75, 3.05) is 6.61 Å². The summed E-state index contributed by atoms with van der Waals surface area (Å²) in [5.74, 6) is 0.867. The van der Waals surface area contributed by atoms with Crippen molar-refractivity contribution in [1.82, 2.24) is 10.3 Å². The van der Waals surface area contributed by atoms with Crippen LogP contribution in [0.2, 0.25) is 0 Å². The summed E-state index contributed by atoms with van der Waals surface area (Å²) in [5, 5.41) is 4.41. The molecule has 0 aliphatic heterocycles. The van der Waals surface area contributed by atoms with E-state index in [2.05, 4.69) is 30.7 Å². The van der Waals surface area contributed by atoms with Crippen LogP contribution >= 0.6 is 0 Å². The molecule has 2 aromatic rings. The van der Waals surface area contributed by atoms with Gasteiger partial charge < -0.3 is 10.1 Å². The van der Waals surface area contributed by atoms with Crippen LogP contribution in [-0.4, -0.2) is 17.6 Å². The molecule has 1 aromatic heterocycles. The molecule has 1 aromatic carbocycles. The quantitative estimate of drug-likeness (QED) is 0.805. The molecule has 0 atom stereocenters. The smallest absolute Gasteiger partial charge is 0.131 e. The van der Waals surface area contributed by atoms with Crippen molar-refractivity contribution in [1.29, 1.82) is 0 Å². The van der Waals surface area contributed by atoms with Gasteiger partial charge in [0.25, 0.3) is 0 Å². The zero-order valence-electron chi connectivity index (χ0n) is 11.5. The van der Waals surface area contributed by atoms with Crippen LogP contribution in [0.1, 0.15) is 19.5 Å². The summed E-state index contributed by atoms with van der Waals surface area (Å²) in [5.41, 5.74) is 1.95. The molecule has 3 heteroatoms. The van der Waals surface area contributed by atoms with Gasteiger partial charge in [0.15, 0.2) is 0 Å². The van der Waals surface area contributed by atoms with Crippen LogP contribution in [0.4, 0.5) is 0 Å². The van der Waals surface area contributed by atoms with Gasteiger partial charge in [0.05, 0.1) is 11.2 Å². The molecular weight excluding hydrogens is 236 g/mol. The first-order valence-corrected chi connectivity index (χ1v) is 6.56. The Morgan fingerprint density at radius 2 is 2.16 bits per heavy atom. The molecule has 2 rings (SSSR count). The van der Waals surface area contributed by atoms with Crippen LogP contribution in [0, 0.1) is 0 Å². The fourth-order valence-electron chi connectivity index (χ4n) is 1.86. The Labute approximate surface area is 114 Å². The molecule has 1 N–H and O–H groups in total. The van der Waals surface area contributed by atoms with Crippen molar-refractivity contribution in [3.8, 4) is 5.75 Å². The van der Waals surface area contributed by atoms with E-state index in [1.165, 1.54) is 0 Å². The fourth-order valence-corrected chi connectivity index (χ4v) is 1.86. The number of fused-ring (bicyclic) bond motifs is 1. The van der Waals surface area contributed by atoms with Crippen molar-refractivity contribution >= 4 is 10.9 Å². The summed E-state index contributed by atoms with van der Waals surface area (Å²) >= 11 is 0. The van der Waals surface area contributed by atoms with Crippen molar-refractivity contribution in [2.45, 2.75) is 26.4 Å². The molecule has 0 unspecified atom stereocenters. The molecule has 3 nitrogen and oxygen atoms in total. The number of pyridine rings is 1. The number of aromatic nitrogens is 1. The monoisotopic (exact) mass is 256 g/mol. The van der Waals surface area contributed by atoms with E-state index >= 15 is 0 Å². The molecule has 1 heterocycles. The molecular formula is C16H20N2O. The third kappa shape index (κ3) is 3.55. The van der Waals surface area contributed by atoms with Crippen LogP contribution in [-0.2, 0) is 6.54 Å². The molecule has 0 aliphatic rings. The Morgan fingerprint density at radius 1 is 1.37 bits per heavy atom. The molecule has 0 saturated heterocycles. The Kier molecular flexibility index (Phi) is 4.53. The summed E-state index contributed by atoms with van der Waals surface area (Å²) in [6.45, 7) is 9.18. The molecule has 0 spiro atoms. The molecule has 0 bridgehead atoms. The number of benzene rings is 1. The average Bonchev–Trinajstić information content (AvgIpc) is 2.42. The lowest BCUT2D eigenvalue weighted by atomic mass is 10.2. The number of hydrogen-bond acceptors (Lipinski definition) is 3. The van der Waals surface area contributed by atoms with Gasteiger partial charge in [-0.2, -0.15) is 0 Å². The van der Waals surface area contributed by atoms with Gasteiger partial charge in [-0.05, 0) is 12.1 Å². The number of hydrogen-bond donors (Lipinski definition) is 1. The number of nitrogens with zero attached hydrogens (tertiary/aromatic N) is 1. The lowest BCUT2D eigenvalue weighted by molar-refractivity contribution is 0.366. The maximum absolute atomic E-state index is 5.73. The fraction of sp³-hybridized carbons (Fsp3) is 0.312. The third-order valence-corrected chi connectivity index (χ3v) is 2.78. The SMILES string of the molecule is C=CCOc1cc(CNC(C)C)nc2ccccc12. The normalized spacial score (nSPS) is 10.9. The van der Waals surface area contributed by atoms with Crippen LogP contribution in [0.25, 0.3) is 10.9 Å². The maximum atomic E-state index is 5.73. The van der Waals surface area contributed by atoms with Crippen LogP contribution < -0.4 is 10.1 Å². The molecule has 0 amide bonds. The van der Waals surface area contributed by atoms with Gasteiger partial charge in [-0.3, -0.25) is 4.98 Å². The van der Waals surface area contributed by atoms with Gasteiger partial charge in [0.1, 0.15) is 12.4 Å². The highest BCUT2D eigenvalue weighted by Crippen LogP contribution is 2.25. The topological polar surface area (TPSA) is 34.1 Å². The summed E-state index contributed by atoms with van der Waals surface area (Å²) in [4.78, 5) is 4.65. The second kappa shape index (κ2) is 6.34. The molecule has 19 heavy (non-hydrogen) atoms. The second-order valence-corrected chi connectivity index (χ2v) is 4.76. The Hall–Kier alpha value is -1.87. The highest BCUT2D eigenvalue weighted by Gasteiger charge is 2.06. The third-order valence-electron chi connectivity index (χ3n) is 2.78. The van der Waals surface area contributed by atoms with E-state index < -0.39 is 0 Å². The first-order valence-electron chi connectivity index (χ1n) is 6.56. The predicted molar refractivity (Wildman–Crippen MR) is 79.4 cm³/mol. The first-order chi connectivity index (χ1) is 9.20. The van der Waals surface area contributed by atoms with Crippen molar-refractivity contribution in [2.24, 2.45) is 0 Å². The number of ether oxygens (including phenoxy) is 1. The lowest BCUT2D eigenvalue weighted by Gasteiger charge is -2.12. The van der Waals surface area contributed by atoms with Gasteiger partial charge in [-0.1, -0.05) is 38.6 Å². The molecule has 100 valence electrons. The Bertz CT molecular complexity index is 564. The largest absolute Gasteiger partial charge is 0.489 e. The van der Waals surface area contributed by atoms with Crippen molar-refractivity contribution in [3.63, 3.8) is 0 Å². The average molecular weight is 256 g/mol. The zero-order chi connectivity index (χ0) is 13.7. The summed E-state index contributed by atoms with van der Waals surface area (Å²) < 4.78 is 5.73. The van der Waals surface area contributed by atoms with Gasteiger partial charge in [-0.15, -0.1) is 0 Å². The molecule has 0 aliphatic carbocycles. The summed E-state index contributed by atoms with van der Waals surface area (Å²) in [7, 11) is 0. The number of nitrogens with one attached hydrogen (secondary N) is 1. The highest BCUT2D eigenvalue weighted by molar-refractivity contribution is 5.85. The standard InChI is InChI=1S/C16H20N2O/c1-4-9-19-16-10-13(11-17-12(2)3)18-15-8-6-5-7-14(15)16/h4-8,10,12,17H,1,9,11H2,2-3H3. The van der Waals surface area contributed by atoms with Crippen LogP contribution in [0.3, 0.4) is 0 Å².